The monoisotopic (exact) mass is 388 g/mol. The Hall–Kier alpha value is -1.63. The Bertz CT molecular complexity index is 856. The Labute approximate surface area is 161 Å². The van der Waals surface area contributed by atoms with E-state index in [1.165, 1.54) is 24.0 Å². The van der Waals surface area contributed by atoms with Crippen molar-refractivity contribution < 1.29 is 12.8 Å². The van der Waals surface area contributed by atoms with E-state index < -0.39 is 10.0 Å². The summed E-state index contributed by atoms with van der Waals surface area (Å²) in [6.07, 6.45) is 9.55. The van der Waals surface area contributed by atoms with Crippen LogP contribution < -0.4 is 4.72 Å². The summed E-state index contributed by atoms with van der Waals surface area (Å²) in [5.74, 6) is 0.824. The number of benzene rings is 1. The number of fused-ring (bicyclic) bond motifs is 1. The highest BCUT2D eigenvalue weighted by atomic mass is 32.2. The molecule has 1 atom stereocenters. The lowest BCUT2D eigenvalue weighted by Gasteiger charge is -2.33. The summed E-state index contributed by atoms with van der Waals surface area (Å²) >= 11 is 0. The Morgan fingerprint density at radius 3 is 2.52 bits per heavy atom. The first kappa shape index (κ1) is 18.7. The van der Waals surface area contributed by atoms with Crippen LogP contribution in [0.4, 0.5) is 0 Å². The maximum absolute atomic E-state index is 12.9. The number of sulfonamides is 1. The fourth-order valence-corrected chi connectivity index (χ4v) is 5.36. The predicted molar refractivity (Wildman–Crippen MR) is 105 cm³/mol. The molecule has 27 heavy (non-hydrogen) atoms. The maximum Gasteiger partial charge on any atom is 0.240 e. The van der Waals surface area contributed by atoms with Crippen molar-refractivity contribution in [3.63, 3.8) is 0 Å². The first-order chi connectivity index (χ1) is 13.1. The zero-order valence-corrected chi connectivity index (χ0v) is 16.5. The second-order valence-electron chi connectivity index (χ2n) is 7.62. The molecule has 0 bridgehead atoms. The summed E-state index contributed by atoms with van der Waals surface area (Å²) < 4.78 is 34.3. The summed E-state index contributed by atoms with van der Waals surface area (Å²) in [6, 6.07) is 9.33. The van der Waals surface area contributed by atoms with Crippen LogP contribution in [0.15, 0.2) is 45.9 Å². The first-order valence-electron chi connectivity index (χ1n) is 10.0. The number of hydrogen-bond donors (Lipinski definition) is 1. The molecule has 1 aromatic heterocycles. The minimum atomic E-state index is -3.54. The van der Waals surface area contributed by atoms with Crippen LogP contribution in [0.1, 0.15) is 55.0 Å². The van der Waals surface area contributed by atoms with Gasteiger partial charge in [-0.2, -0.15) is 0 Å². The van der Waals surface area contributed by atoms with Gasteiger partial charge in [-0.3, -0.25) is 4.90 Å². The number of likely N-dealkylation sites (tertiary alicyclic amines) is 1. The van der Waals surface area contributed by atoms with Gasteiger partial charge in [-0.1, -0.05) is 12.5 Å². The van der Waals surface area contributed by atoms with Gasteiger partial charge in [0, 0.05) is 6.54 Å². The number of furan rings is 1. The highest BCUT2D eigenvalue weighted by Gasteiger charge is 2.27. The molecule has 1 N–H and O–H groups in total. The van der Waals surface area contributed by atoms with Crippen LogP contribution in [-0.2, 0) is 22.9 Å². The summed E-state index contributed by atoms with van der Waals surface area (Å²) in [6.45, 7) is 2.28. The second kappa shape index (κ2) is 8.17. The highest BCUT2D eigenvalue weighted by molar-refractivity contribution is 7.89. The lowest BCUT2D eigenvalue weighted by Crippen LogP contribution is -2.40. The summed E-state index contributed by atoms with van der Waals surface area (Å²) in [5.41, 5.74) is 2.48. The molecule has 2 aromatic rings. The van der Waals surface area contributed by atoms with Crippen LogP contribution in [0, 0.1) is 0 Å². The van der Waals surface area contributed by atoms with Crippen LogP contribution >= 0.6 is 0 Å². The van der Waals surface area contributed by atoms with Crippen molar-refractivity contribution in [1.29, 1.82) is 0 Å². The molecule has 5 nitrogen and oxygen atoms in total. The first-order valence-corrected chi connectivity index (χ1v) is 11.5. The highest BCUT2D eigenvalue weighted by Crippen LogP contribution is 2.26. The van der Waals surface area contributed by atoms with E-state index >= 15 is 0 Å². The summed E-state index contributed by atoms with van der Waals surface area (Å²) in [5, 5.41) is 0. The van der Waals surface area contributed by atoms with E-state index in [2.05, 4.69) is 9.62 Å². The summed E-state index contributed by atoms with van der Waals surface area (Å²) in [7, 11) is -3.54. The molecular weight excluding hydrogens is 360 g/mol. The number of rotatable bonds is 6. The Balaban J connectivity index is 1.51. The van der Waals surface area contributed by atoms with Gasteiger partial charge in [0.2, 0.25) is 10.0 Å². The van der Waals surface area contributed by atoms with Crippen LogP contribution in [0.3, 0.4) is 0 Å². The SMILES string of the molecule is O=S(=O)(NCC(c1ccco1)N1CCCCC1)c1ccc2c(c1)CCCC2. The molecule has 146 valence electrons. The number of hydrogen-bond acceptors (Lipinski definition) is 4. The van der Waals surface area contributed by atoms with Crippen molar-refractivity contribution in [3.8, 4) is 0 Å². The predicted octanol–water partition coefficient (Wildman–Crippen LogP) is 3.66. The van der Waals surface area contributed by atoms with E-state index in [1.807, 2.05) is 24.3 Å². The Morgan fingerprint density at radius 2 is 1.78 bits per heavy atom. The van der Waals surface area contributed by atoms with Gasteiger partial charge in [0.1, 0.15) is 5.76 Å². The van der Waals surface area contributed by atoms with Crippen LogP contribution in [-0.4, -0.2) is 33.0 Å². The molecule has 1 aromatic carbocycles. The number of nitrogens with zero attached hydrogens (tertiary/aromatic N) is 1. The van der Waals surface area contributed by atoms with Crippen molar-refractivity contribution in [2.24, 2.45) is 0 Å². The molecule has 1 saturated heterocycles. The third-order valence-corrected chi connectivity index (χ3v) is 7.22. The van der Waals surface area contributed by atoms with Gasteiger partial charge in [-0.05, 0) is 87.0 Å². The average molecular weight is 389 g/mol. The van der Waals surface area contributed by atoms with Crippen LogP contribution in [0.5, 0.6) is 0 Å². The van der Waals surface area contributed by atoms with E-state index in [0.29, 0.717) is 11.4 Å². The molecule has 0 spiro atoms. The normalized spacial score (nSPS) is 19.6. The quantitative estimate of drug-likeness (QED) is 0.820. The van der Waals surface area contributed by atoms with Crippen LogP contribution in [0.2, 0.25) is 0 Å². The van der Waals surface area contributed by atoms with E-state index in [1.54, 1.807) is 12.3 Å². The molecule has 6 heteroatoms. The van der Waals surface area contributed by atoms with Crippen molar-refractivity contribution in [2.75, 3.05) is 19.6 Å². The maximum atomic E-state index is 12.9. The van der Waals surface area contributed by atoms with E-state index in [9.17, 15) is 8.42 Å². The molecule has 1 aliphatic carbocycles. The van der Waals surface area contributed by atoms with Crippen molar-refractivity contribution in [2.45, 2.75) is 55.9 Å². The Kier molecular flexibility index (Phi) is 5.66. The molecule has 1 aliphatic heterocycles. The zero-order valence-electron chi connectivity index (χ0n) is 15.7. The molecule has 0 amide bonds. The molecule has 1 fully saturated rings. The van der Waals surface area contributed by atoms with E-state index in [4.69, 9.17) is 4.42 Å². The number of aryl methyl sites for hydroxylation is 2. The van der Waals surface area contributed by atoms with Gasteiger partial charge in [-0.25, -0.2) is 13.1 Å². The van der Waals surface area contributed by atoms with Crippen molar-refractivity contribution in [3.05, 3.63) is 53.5 Å². The fourth-order valence-electron chi connectivity index (χ4n) is 4.27. The van der Waals surface area contributed by atoms with Gasteiger partial charge in [0.25, 0.3) is 0 Å². The third-order valence-electron chi connectivity index (χ3n) is 5.80. The average Bonchev–Trinajstić information content (AvgIpc) is 3.23. The number of nitrogens with one attached hydrogen (secondary N) is 1. The smallest absolute Gasteiger partial charge is 0.240 e. The molecule has 1 unspecified atom stereocenters. The van der Waals surface area contributed by atoms with Crippen molar-refractivity contribution in [1.82, 2.24) is 9.62 Å². The minimum absolute atomic E-state index is 0.0623. The molecule has 4 rings (SSSR count). The molecule has 0 saturated carbocycles. The zero-order chi connectivity index (χ0) is 18.7. The molecular formula is C21H28N2O3S. The lowest BCUT2D eigenvalue weighted by molar-refractivity contribution is 0.147. The lowest BCUT2D eigenvalue weighted by atomic mass is 9.92. The fraction of sp³-hybridized carbons (Fsp3) is 0.524. The summed E-state index contributed by atoms with van der Waals surface area (Å²) in [4.78, 5) is 2.71. The standard InChI is InChI=1S/C21H28N2O3S/c24-27(25,19-11-10-17-7-2-3-8-18(17)15-19)22-16-20(21-9-6-14-26-21)23-12-4-1-5-13-23/h6,9-11,14-15,20,22H,1-5,7-8,12-13,16H2. The van der Waals surface area contributed by atoms with Gasteiger partial charge < -0.3 is 4.42 Å². The van der Waals surface area contributed by atoms with Gasteiger partial charge in [-0.15, -0.1) is 0 Å². The van der Waals surface area contributed by atoms with Crippen molar-refractivity contribution >= 4 is 10.0 Å². The third kappa shape index (κ3) is 4.28. The molecule has 2 heterocycles. The largest absolute Gasteiger partial charge is 0.468 e. The number of piperidine rings is 1. The van der Waals surface area contributed by atoms with Crippen LogP contribution in [0.25, 0.3) is 0 Å². The molecule has 2 aliphatic rings. The van der Waals surface area contributed by atoms with E-state index in [-0.39, 0.29) is 6.04 Å². The van der Waals surface area contributed by atoms with Gasteiger partial charge >= 0.3 is 0 Å². The Morgan fingerprint density at radius 1 is 1.00 bits per heavy atom. The second-order valence-corrected chi connectivity index (χ2v) is 9.38. The van der Waals surface area contributed by atoms with E-state index in [0.717, 1.165) is 51.0 Å². The minimum Gasteiger partial charge on any atom is -0.468 e. The molecule has 0 radical (unpaired) electrons. The topological polar surface area (TPSA) is 62.6 Å². The van der Waals surface area contributed by atoms with Gasteiger partial charge in [0.05, 0.1) is 17.2 Å². The van der Waals surface area contributed by atoms with Gasteiger partial charge in [0.15, 0.2) is 0 Å².